The molecule has 3 aromatic rings. The van der Waals surface area contributed by atoms with Crippen molar-refractivity contribution >= 4 is 60.0 Å². The molecule has 0 saturated carbocycles. The Hall–Kier alpha value is -2.99. The molecule has 0 saturated heterocycles. The summed E-state index contributed by atoms with van der Waals surface area (Å²) in [5, 5.41) is 40.6. The molecule has 0 spiro atoms. The van der Waals surface area contributed by atoms with Crippen LogP contribution in [0.2, 0.25) is 0 Å². The summed E-state index contributed by atoms with van der Waals surface area (Å²) < 4.78 is 61.9. The number of phenolic OH excluding ortho intramolecular Hbond substituents is 2. The Morgan fingerprint density at radius 3 is 2.36 bits per heavy atom. The van der Waals surface area contributed by atoms with E-state index in [4.69, 9.17) is 5.26 Å². The first kappa shape index (κ1) is 24.6. The summed E-state index contributed by atoms with van der Waals surface area (Å²) in [7, 11) is -8.31. The van der Waals surface area contributed by atoms with E-state index in [0.29, 0.717) is 12.0 Å². The Balaban J connectivity index is 2.20. The van der Waals surface area contributed by atoms with Gasteiger partial charge in [0.2, 0.25) is 10.0 Å². The first-order chi connectivity index (χ1) is 15.4. The van der Waals surface area contributed by atoms with Crippen LogP contribution in [-0.2, 0) is 29.5 Å². The van der Waals surface area contributed by atoms with Gasteiger partial charge in [-0.05, 0) is 29.7 Å². The summed E-state index contributed by atoms with van der Waals surface area (Å²) in [4.78, 5) is -0.699. The molecule has 0 aliphatic heterocycles. The van der Waals surface area contributed by atoms with Gasteiger partial charge in [0.25, 0.3) is 10.1 Å². The predicted molar refractivity (Wildman–Crippen MR) is 117 cm³/mol. The van der Waals surface area contributed by atoms with Crippen molar-refractivity contribution in [2.45, 2.75) is 9.79 Å². The van der Waals surface area contributed by atoms with Gasteiger partial charge >= 0.3 is 0 Å². The number of hydrogen-bond donors (Lipinski definition) is 5. The number of benzene rings is 3. The van der Waals surface area contributed by atoms with E-state index >= 15 is 0 Å². The quantitative estimate of drug-likeness (QED) is 0.0957. The Labute approximate surface area is 191 Å². The number of anilines is 1. The summed E-state index contributed by atoms with van der Waals surface area (Å²) in [5.41, 5.74) is -0.133. The summed E-state index contributed by atoms with van der Waals surface area (Å²) in [5.74, 6) is -1.35. The van der Waals surface area contributed by atoms with Gasteiger partial charge in [-0.25, -0.2) is 13.7 Å². The smallest absolute Gasteiger partial charge is 0.294 e. The summed E-state index contributed by atoms with van der Waals surface area (Å²) in [6.45, 7) is 0. The number of rotatable bonds is 8. The van der Waals surface area contributed by atoms with Crippen molar-refractivity contribution in [2.75, 3.05) is 11.0 Å². The van der Waals surface area contributed by atoms with Crippen LogP contribution in [0.15, 0.2) is 62.5 Å². The fourth-order valence-electron chi connectivity index (χ4n) is 2.75. The van der Waals surface area contributed by atoms with Gasteiger partial charge in [-0.1, -0.05) is 17.2 Å². The Morgan fingerprint density at radius 2 is 1.73 bits per heavy atom. The van der Waals surface area contributed by atoms with Crippen molar-refractivity contribution in [3.63, 3.8) is 0 Å². The van der Waals surface area contributed by atoms with Crippen LogP contribution in [0.1, 0.15) is 0 Å². The molecule has 5 N–H and O–H groups in total. The van der Waals surface area contributed by atoms with E-state index in [1.807, 2.05) is 0 Å². The van der Waals surface area contributed by atoms with Crippen molar-refractivity contribution in [1.82, 2.24) is 0 Å². The zero-order valence-electron chi connectivity index (χ0n) is 16.4. The van der Waals surface area contributed by atoms with Gasteiger partial charge in [0.1, 0.15) is 17.1 Å². The van der Waals surface area contributed by atoms with E-state index in [0.717, 1.165) is 18.4 Å². The molecule has 3 rings (SSSR count). The van der Waals surface area contributed by atoms with Gasteiger partial charge < -0.3 is 10.2 Å². The van der Waals surface area contributed by atoms with E-state index in [2.05, 4.69) is 24.3 Å². The number of nitrogens with zero attached hydrogens (tertiary/aromatic N) is 2. The van der Waals surface area contributed by atoms with Crippen molar-refractivity contribution in [2.24, 2.45) is 10.2 Å². The maximum Gasteiger partial charge on any atom is 0.294 e. The van der Waals surface area contributed by atoms with E-state index < -0.39 is 36.5 Å². The second-order valence-electron chi connectivity index (χ2n) is 6.40. The van der Waals surface area contributed by atoms with E-state index in [1.54, 1.807) is 12.1 Å². The van der Waals surface area contributed by atoms with Crippen LogP contribution in [0.5, 0.6) is 11.5 Å². The zero-order chi connectivity index (χ0) is 24.4. The summed E-state index contributed by atoms with van der Waals surface area (Å²) >= 11 is 0.354. The molecule has 0 aliphatic carbocycles. The zero-order valence-corrected chi connectivity index (χ0v) is 18.8. The summed E-state index contributed by atoms with van der Waals surface area (Å²) in [6.07, 6.45) is 0.945. The fourth-order valence-corrected chi connectivity index (χ4v) is 4.35. The standard InChI is InChI=1S/C17H15N3O10S3/c1-32(24,25)20-12-5-3-2-4-11(12)18-19-16-14(31-30-29-23)7-9-6-10(33(26,27)28)8-13(21)15(9)17(16)22/h2-8,20-23H,1H3,(H,26,27,28). The molecule has 0 atom stereocenters. The van der Waals surface area contributed by atoms with Gasteiger partial charge in [-0.15, -0.1) is 14.6 Å². The second-order valence-corrected chi connectivity index (χ2v) is 10.3. The molecule has 0 aliphatic rings. The van der Waals surface area contributed by atoms with Crippen LogP contribution >= 0.6 is 12.0 Å². The van der Waals surface area contributed by atoms with Crippen molar-refractivity contribution in [3.8, 4) is 11.5 Å². The number of fused-ring (bicyclic) bond motifs is 1. The maximum absolute atomic E-state index is 11.6. The number of phenols is 2. The molecule has 0 amide bonds. The van der Waals surface area contributed by atoms with E-state index in [1.165, 1.54) is 18.2 Å². The average molecular weight is 518 g/mol. The Morgan fingerprint density at radius 1 is 1.03 bits per heavy atom. The van der Waals surface area contributed by atoms with Gasteiger partial charge in [-0.2, -0.15) is 8.42 Å². The average Bonchev–Trinajstić information content (AvgIpc) is 2.70. The highest BCUT2D eigenvalue weighted by Crippen LogP contribution is 2.47. The molecule has 0 aromatic heterocycles. The van der Waals surface area contributed by atoms with Gasteiger partial charge in [0.15, 0.2) is 5.75 Å². The molecule has 176 valence electrons. The Bertz CT molecular complexity index is 1460. The number of aromatic hydroxyl groups is 2. The first-order valence-corrected chi connectivity index (χ1v) is 12.6. The third-order valence-corrected chi connectivity index (χ3v) is 6.05. The minimum Gasteiger partial charge on any atom is -0.507 e. The number of nitrogens with one attached hydrogen (secondary N) is 1. The lowest BCUT2D eigenvalue weighted by molar-refractivity contribution is -0.432. The monoisotopic (exact) mass is 517 g/mol. The fraction of sp³-hybridized carbons (Fsp3) is 0.0588. The van der Waals surface area contributed by atoms with Crippen molar-refractivity contribution < 1.29 is 46.2 Å². The highest BCUT2D eigenvalue weighted by Gasteiger charge is 2.21. The lowest BCUT2D eigenvalue weighted by atomic mass is 10.1. The number of azo groups is 1. The van der Waals surface area contributed by atoms with Gasteiger partial charge in [0, 0.05) is 6.07 Å². The largest absolute Gasteiger partial charge is 0.507 e. The molecule has 13 nitrogen and oxygen atoms in total. The lowest BCUT2D eigenvalue weighted by Gasteiger charge is -2.11. The topological polar surface area (TPSA) is 204 Å². The van der Waals surface area contributed by atoms with E-state index in [-0.39, 0.29) is 32.7 Å². The first-order valence-electron chi connectivity index (χ1n) is 8.54. The van der Waals surface area contributed by atoms with Gasteiger partial charge in [-0.3, -0.25) is 9.27 Å². The normalized spacial score (nSPS) is 12.5. The summed E-state index contributed by atoms with van der Waals surface area (Å²) in [6, 6.07) is 8.88. The highest BCUT2D eigenvalue weighted by molar-refractivity contribution is 7.94. The van der Waals surface area contributed by atoms with Crippen LogP contribution in [0.25, 0.3) is 10.8 Å². The second kappa shape index (κ2) is 9.48. The van der Waals surface area contributed by atoms with Crippen LogP contribution < -0.4 is 4.72 Å². The van der Waals surface area contributed by atoms with Crippen LogP contribution in [0.3, 0.4) is 0 Å². The molecule has 3 aromatic carbocycles. The number of para-hydroxylation sites is 1. The minimum absolute atomic E-state index is 0.0396. The van der Waals surface area contributed by atoms with Crippen molar-refractivity contribution in [1.29, 1.82) is 0 Å². The molecule has 0 radical (unpaired) electrons. The van der Waals surface area contributed by atoms with E-state index in [9.17, 15) is 31.6 Å². The third kappa shape index (κ3) is 5.88. The molecule has 33 heavy (non-hydrogen) atoms. The van der Waals surface area contributed by atoms with Crippen LogP contribution in [-0.4, -0.2) is 43.1 Å². The predicted octanol–water partition coefficient (Wildman–Crippen LogP) is 3.71. The minimum atomic E-state index is -4.68. The molecule has 0 fully saturated rings. The maximum atomic E-state index is 11.6. The molecular weight excluding hydrogens is 502 g/mol. The SMILES string of the molecule is CS(=O)(=O)Nc1ccccc1N=Nc1c(SOOO)cc2cc(S(=O)(=O)O)cc(O)c2c1O. The lowest BCUT2D eigenvalue weighted by Crippen LogP contribution is -2.09. The highest BCUT2D eigenvalue weighted by atomic mass is 32.2. The number of hydrogen-bond acceptors (Lipinski definition) is 12. The van der Waals surface area contributed by atoms with Crippen molar-refractivity contribution in [3.05, 3.63) is 42.5 Å². The van der Waals surface area contributed by atoms with Crippen LogP contribution in [0.4, 0.5) is 17.1 Å². The number of sulfonamides is 1. The molecule has 0 heterocycles. The van der Waals surface area contributed by atoms with Gasteiger partial charge in [0.05, 0.1) is 39.2 Å². The molecular formula is C17H15N3O10S3. The van der Waals surface area contributed by atoms with Crippen LogP contribution in [0, 0.1) is 0 Å². The molecule has 0 bridgehead atoms. The molecule has 0 unspecified atom stereocenters. The Kier molecular flexibility index (Phi) is 7.08. The third-order valence-electron chi connectivity index (χ3n) is 4.01. The molecule has 16 heteroatoms.